The fraction of sp³-hybridized carbons (Fsp3) is 0.467. The standard InChI is InChI=1S/C9H5BrClFN2.C4H11NO.C2H6/c1-4-9(11)14-8-6(13-4)3-2-5(12)7(8)10;1-4(2,5)3-6;1-2/h2-3H,1H3;6H,3,5H2,1-2H3;1-2H3. The predicted octanol–water partition coefficient (Wildman–Crippen LogP) is 4.24. The lowest BCUT2D eigenvalue weighted by Gasteiger charge is -2.12. The molecule has 0 aliphatic carbocycles. The van der Waals surface area contributed by atoms with Gasteiger partial charge in [0.1, 0.15) is 11.3 Å². The van der Waals surface area contributed by atoms with E-state index in [-0.39, 0.29) is 12.4 Å². The number of hydrogen-bond acceptors (Lipinski definition) is 4. The molecule has 7 heteroatoms. The largest absolute Gasteiger partial charge is 0.394 e. The van der Waals surface area contributed by atoms with Crippen LogP contribution < -0.4 is 5.73 Å². The molecule has 1 heterocycles. The molecule has 0 amide bonds. The molecule has 0 bridgehead atoms. The number of benzene rings is 1. The van der Waals surface area contributed by atoms with E-state index in [2.05, 4.69) is 25.9 Å². The van der Waals surface area contributed by atoms with Crippen molar-refractivity contribution in [2.75, 3.05) is 6.61 Å². The van der Waals surface area contributed by atoms with Crippen molar-refractivity contribution in [3.63, 3.8) is 0 Å². The maximum absolute atomic E-state index is 13.1. The molecule has 0 saturated heterocycles. The number of rotatable bonds is 1. The molecule has 0 fully saturated rings. The third-order valence-corrected chi connectivity index (χ3v) is 3.36. The van der Waals surface area contributed by atoms with Crippen molar-refractivity contribution < 1.29 is 9.50 Å². The predicted molar refractivity (Wildman–Crippen MR) is 93.6 cm³/mol. The average Bonchev–Trinajstić information content (AvgIpc) is 2.47. The third-order valence-electron chi connectivity index (χ3n) is 2.25. The average molecular weight is 395 g/mol. The van der Waals surface area contributed by atoms with Crippen LogP contribution in [0.2, 0.25) is 5.15 Å². The Hall–Kier alpha value is -0.820. The van der Waals surface area contributed by atoms with E-state index in [0.29, 0.717) is 26.4 Å². The van der Waals surface area contributed by atoms with Crippen LogP contribution in [0.25, 0.3) is 11.0 Å². The number of hydrogen-bond donors (Lipinski definition) is 2. The molecule has 3 N–H and O–H groups in total. The first-order valence-corrected chi connectivity index (χ1v) is 8.00. The van der Waals surface area contributed by atoms with Crippen LogP contribution in [0.5, 0.6) is 0 Å². The van der Waals surface area contributed by atoms with Crippen LogP contribution in [0.3, 0.4) is 0 Å². The van der Waals surface area contributed by atoms with Crippen LogP contribution in [0.15, 0.2) is 16.6 Å². The highest BCUT2D eigenvalue weighted by atomic mass is 79.9. The lowest BCUT2D eigenvalue weighted by molar-refractivity contribution is 0.221. The second kappa shape index (κ2) is 9.35. The molecule has 0 atom stereocenters. The molecule has 2 aromatic rings. The van der Waals surface area contributed by atoms with Gasteiger partial charge in [0, 0.05) is 5.54 Å². The topological polar surface area (TPSA) is 72.0 Å². The quantitative estimate of drug-likeness (QED) is 0.759. The van der Waals surface area contributed by atoms with Crippen molar-refractivity contribution in [1.29, 1.82) is 0 Å². The monoisotopic (exact) mass is 393 g/mol. The number of nitrogens with zero attached hydrogens (tertiary/aromatic N) is 2. The molecule has 1 aromatic carbocycles. The maximum Gasteiger partial charge on any atom is 0.151 e. The lowest BCUT2D eigenvalue weighted by atomic mass is 10.1. The summed E-state index contributed by atoms with van der Waals surface area (Å²) in [5.74, 6) is -0.369. The van der Waals surface area contributed by atoms with Gasteiger partial charge < -0.3 is 10.8 Å². The number of halogens is 3. The molecule has 0 aliphatic rings. The van der Waals surface area contributed by atoms with Gasteiger partial charge in [-0.2, -0.15) is 0 Å². The molecule has 0 spiro atoms. The van der Waals surface area contributed by atoms with Gasteiger partial charge in [-0.15, -0.1) is 0 Å². The van der Waals surface area contributed by atoms with Gasteiger partial charge in [0.05, 0.1) is 22.3 Å². The van der Waals surface area contributed by atoms with Crippen LogP contribution in [0, 0.1) is 12.7 Å². The fourth-order valence-electron chi connectivity index (χ4n) is 1.13. The molecule has 0 aliphatic heterocycles. The number of aliphatic hydroxyl groups excluding tert-OH is 1. The van der Waals surface area contributed by atoms with E-state index in [1.54, 1.807) is 26.8 Å². The minimum atomic E-state index is -0.403. The summed E-state index contributed by atoms with van der Waals surface area (Å²) in [4.78, 5) is 8.24. The van der Waals surface area contributed by atoms with Crippen LogP contribution in [-0.4, -0.2) is 27.2 Å². The zero-order chi connectivity index (χ0) is 17.5. The molecular weight excluding hydrogens is 373 g/mol. The Balaban J connectivity index is 0.000000470. The van der Waals surface area contributed by atoms with Gasteiger partial charge in [0.15, 0.2) is 5.15 Å². The summed E-state index contributed by atoms with van der Waals surface area (Å²) in [7, 11) is 0. The van der Waals surface area contributed by atoms with Crippen molar-refractivity contribution >= 4 is 38.6 Å². The Labute approximate surface area is 144 Å². The smallest absolute Gasteiger partial charge is 0.151 e. The second-order valence-electron chi connectivity index (χ2n) is 4.98. The number of fused-ring (bicyclic) bond motifs is 1. The second-order valence-corrected chi connectivity index (χ2v) is 6.13. The summed E-state index contributed by atoms with van der Waals surface area (Å²) in [6, 6.07) is 2.92. The van der Waals surface area contributed by atoms with E-state index in [1.165, 1.54) is 6.07 Å². The minimum Gasteiger partial charge on any atom is -0.394 e. The zero-order valence-corrected chi connectivity index (χ0v) is 15.8. The Morgan fingerprint density at radius 1 is 1.32 bits per heavy atom. The number of nitrogens with two attached hydrogens (primary N) is 1. The summed E-state index contributed by atoms with van der Waals surface area (Å²) in [5, 5.41) is 8.57. The Bertz CT molecular complexity index is 618. The number of aryl methyl sites for hydroxylation is 1. The first kappa shape index (κ1) is 21.2. The molecule has 0 unspecified atom stereocenters. The highest BCUT2D eigenvalue weighted by Crippen LogP contribution is 2.26. The highest BCUT2D eigenvalue weighted by Gasteiger charge is 2.09. The van der Waals surface area contributed by atoms with Crippen molar-refractivity contribution in [2.45, 2.75) is 40.2 Å². The highest BCUT2D eigenvalue weighted by molar-refractivity contribution is 9.10. The molecule has 124 valence electrons. The van der Waals surface area contributed by atoms with Crippen LogP contribution in [-0.2, 0) is 0 Å². The number of aromatic nitrogens is 2. The van der Waals surface area contributed by atoms with Crippen molar-refractivity contribution in [2.24, 2.45) is 5.73 Å². The van der Waals surface area contributed by atoms with Gasteiger partial charge in [-0.25, -0.2) is 14.4 Å². The van der Waals surface area contributed by atoms with Gasteiger partial charge in [-0.3, -0.25) is 0 Å². The molecule has 0 radical (unpaired) electrons. The van der Waals surface area contributed by atoms with Gasteiger partial charge in [0.25, 0.3) is 0 Å². The molecule has 2 rings (SSSR count). The first-order chi connectivity index (χ1) is 10.2. The van der Waals surface area contributed by atoms with E-state index < -0.39 is 5.54 Å². The normalized spacial score (nSPS) is 10.5. The minimum absolute atomic E-state index is 0.0486. The van der Waals surface area contributed by atoms with Crippen LogP contribution in [0.4, 0.5) is 4.39 Å². The van der Waals surface area contributed by atoms with E-state index >= 15 is 0 Å². The van der Waals surface area contributed by atoms with E-state index in [4.69, 9.17) is 22.4 Å². The third kappa shape index (κ3) is 6.52. The van der Waals surface area contributed by atoms with Crippen molar-refractivity contribution in [3.05, 3.63) is 33.3 Å². The molecule has 0 saturated carbocycles. The van der Waals surface area contributed by atoms with E-state index in [0.717, 1.165) is 0 Å². The Kier molecular flexibility index (Phi) is 9.00. The fourth-order valence-corrected chi connectivity index (χ4v) is 1.68. The Morgan fingerprint density at radius 3 is 2.27 bits per heavy atom. The summed E-state index contributed by atoms with van der Waals surface area (Å²) >= 11 is 8.90. The lowest BCUT2D eigenvalue weighted by Crippen LogP contribution is -2.35. The number of aliphatic hydroxyl groups is 1. The van der Waals surface area contributed by atoms with E-state index in [9.17, 15) is 4.39 Å². The van der Waals surface area contributed by atoms with E-state index in [1.807, 2.05) is 13.8 Å². The molecule has 22 heavy (non-hydrogen) atoms. The van der Waals surface area contributed by atoms with Gasteiger partial charge in [-0.1, -0.05) is 25.4 Å². The first-order valence-electron chi connectivity index (χ1n) is 6.83. The van der Waals surface area contributed by atoms with Crippen molar-refractivity contribution in [3.8, 4) is 0 Å². The summed E-state index contributed by atoms with van der Waals surface area (Å²) in [6.45, 7) is 9.35. The summed E-state index contributed by atoms with van der Waals surface area (Å²) in [6.07, 6.45) is 0. The molecule has 1 aromatic heterocycles. The maximum atomic E-state index is 13.1. The van der Waals surface area contributed by atoms with Gasteiger partial charge in [0.2, 0.25) is 0 Å². The van der Waals surface area contributed by atoms with Crippen LogP contribution in [0.1, 0.15) is 33.4 Å². The summed E-state index contributed by atoms with van der Waals surface area (Å²) in [5.41, 5.74) is 6.59. The van der Waals surface area contributed by atoms with Crippen molar-refractivity contribution in [1.82, 2.24) is 9.97 Å². The molecule has 4 nitrogen and oxygen atoms in total. The van der Waals surface area contributed by atoms with Gasteiger partial charge in [-0.05, 0) is 48.8 Å². The molecular formula is C15H22BrClFN3O. The van der Waals surface area contributed by atoms with Crippen LogP contribution >= 0.6 is 27.5 Å². The SMILES string of the molecule is CC.CC(C)(N)CO.Cc1nc2ccc(F)c(Br)c2nc1Cl. The summed E-state index contributed by atoms with van der Waals surface area (Å²) < 4.78 is 13.4. The van der Waals surface area contributed by atoms with Gasteiger partial charge >= 0.3 is 0 Å². The zero-order valence-electron chi connectivity index (χ0n) is 13.4. The Morgan fingerprint density at radius 2 is 1.82 bits per heavy atom.